The zero-order chi connectivity index (χ0) is 21.7. The minimum atomic E-state index is -0.626. The average Bonchev–Trinajstić information content (AvgIpc) is 3.01. The van der Waals surface area contributed by atoms with Crippen molar-refractivity contribution in [1.29, 1.82) is 5.26 Å². The topological polar surface area (TPSA) is 93.3 Å². The molecule has 0 aliphatic rings. The van der Waals surface area contributed by atoms with Gasteiger partial charge in [-0.2, -0.15) is 5.26 Å². The zero-order valence-electron chi connectivity index (χ0n) is 16.9. The number of amides is 1. The number of nitriles is 1. The van der Waals surface area contributed by atoms with Crippen molar-refractivity contribution in [3.8, 4) is 17.5 Å². The fourth-order valence-corrected chi connectivity index (χ4v) is 3.07. The van der Waals surface area contributed by atoms with Crippen molar-refractivity contribution < 1.29 is 19.1 Å². The number of aromatic nitrogens is 1. The molecule has 0 unspecified atom stereocenters. The van der Waals surface area contributed by atoms with Crippen molar-refractivity contribution >= 4 is 17.7 Å². The number of nitrogens with zero attached hydrogens (tertiary/aromatic N) is 2. The van der Waals surface area contributed by atoms with Crippen LogP contribution in [0.3, 0.4) is 0 Å². The lowest BCUT2D eigenvalue weighted by atomic mass is 10.2. The summed E-state index contributed by atoms with van der Waals surface area (Å²) in [4.78, 5) is 24.7. The fraction of sp³-hybridized carbons (Fsp3) is 0.174. The standard InChI is InChI=1S/C23H21N3O4/c1-15-16(2)26(18-7-5-4-6-8-18)22(20(15)13-24)25-21(27)14-30-23(28)17-9-11-19(29-3)12-10-17/h4-12H,14H2,1-3H3,(H,25,27). The second kappa shape index (κ2) is 8.97. The number of methoxy groups -OCH3 is 1. The molecule has 3 rings (SSSR count). The molecule has 1 amide bonds. The zero-order valence-corrected chi connectivity index (χ0v) is 16.9. The molecule has 30 heavy (non-hydrogen) atoms. The maximum atomic E-state index is 12.5. The number of rotatable bonds is 6. The number of esters is 1. The number of hydrogen-bond donors (Lipinski definition) is 1. The second-order valence-electron chi connectivity index (χ2n) is 6.57. The molecule has 0 bridgehead atoms. The van der Waals surface area contributed by atoms with E-state index in [0.717, 1.165) is 16.9 Å². The monoisotopic (exact) mass is 403 g/mol. The molecule has 0 aliphatic heterocycles. The van der Waals surface area contributed by atoms with Gasteiger partial charge < -0.3 is 14.8 Å². The predicted molar refractivity (Wildman–Crippen MR) is 112 cm³/mol. The van der Waals surface area contributed by atoms with Crippen molar-refractivity contribution in [3.05, 3.63) is 77.0 Å². The summed E-state index contributed by atoms with van der Waals surface area (Å²) in [6.07, 6.45) is 0. The number of benzene rings is 2. The summed E-state index contributed by atoms with van der Waals surface area (Å²) in [5.74, 6) is -0.202. The van der Waals surface area contributed by atoms with E-state index in [0.29, 0.717) is 22.7 Å². The quantitative estimate of drug-likeness (QED) is 0.633. The van der Waals surface area contributed by atoms with E-state index in [2.05, 4.69) is 11.4 Å². The summed E-state index contributed by atoms with van der Waals surface area (Å²) in [5.41, 5.74) is 3.09. The maximum Gasteiger partial charge on any atom is 0.338 e. The summed E-state index contributed by atoms with van der Waals surface area (Å²) in [7, 11) is 1.53. The van der Waals surface area contributed by atoms with Crippen LogP contribution in [0.1, 0.15) is 27.2 Å². The molecule has 1 N–H and O–H groups in total. The van der Waals surface area contributed by atoms with Gasteiger partial charge in [-0.15, -0.1) is 0 Å². The first kappa shape index (κ1) is 20.7. The van der Waals surface area contributed by atoms with Crippen LogP contribution < -0.4 is 10.1 Å². The van der Waals surface area contributed by atoms with Crippen LogP contribution in [0.2, 0.25) is 0 Å². The molecule has 3 aromatic rings. The largest absolute Gasteiger partial charge is 0.497 e. The Bertz CT molecular complexity index is 1110. The Balaban J connectivity index is 1.77. The first-order valence-corrected chi connectivity index (χ1v) is 9.24. The Morgan fingerprint density at radius 1 is 1.07 bits per heavy atom. The van der Waals surface area contributed by atoms with Gasteiger partial charge in [0.05, 0.1) is 18.2 Å². The van der Waals surface area contributed by atoms with Crippen molar-refractivity contribution in [1.82, 2.24) is 4.57 Å². The van der Waals surface area contributed by atoms with Crippen LogP contribution >= 0.6 is 0 Å². The molecule has 0 aliphatic carbocycles. The highest BCUT2D eigenvalue weighted by Gasteiger charge is 2.21. The van der Waals surface area contributed by atoms with E-state index < -0.39 is 18.5 Å². The van der Waals surface area contributed by atoms with Crippen LogP contribution in [0, 0.1) is 25.2 Å². The molecular formula is C23H21N3O4. The minimum Gasteiger partial charge on any atom is -0.497 e. The molecule has 7 nitrogen and oxygen atoms in total. The number of carbonyl (C=O) groups excluding carboxylic acids is 2. The van der Waals surface area contributed by atoms with Crippen LogP contribution in [-0.4, -0.2) is 30.2 Å². The van der Waals surface area contributed by atoms with Crippen LogP contribution in [-0.2, 0) is 9.53 Å². The number of anilines is 1. The first-order valence-electron chi connectivity index (χ1n) is 9.24. The van der Waals surface area contributed by atoms with Crippen molar-refractivity contribution in [2.24, 2.45) is 0 Å². The molecular weight excluding hydrogens is 382 g/mol. The molecule has 7 heteroatoms. The van der Waals surface area contributed by atoms with Gasteiger partial charge in [0.15, 0.2) is 6.61 Å². The van der Waals surface area contributed by atoms with E-state index in [-0.39, 0.29) is 0 Å². The fourth-order valence-electron chi connectivity index (χ4n) is 3.07. The Hall–Kier alpha value is -4.05. The van der Waals surface area contributed by atoms with Gasteiger partial charge in [0.2, 0.25) is 0 Å². The Morgan fingerprint density at radius 3 is 2.33 bits per heavy atom. The predicted octanol–water partition coefficient (Wildman–Crippen LogP) is 3.77. The molecule has 0 radical (unpaired) electrons. The van der Waals surface area contributed by atoms with Gasteiger partial charge in [-0.25, -0.2) is 4.79 Å². The molecule has 0 fully saturated rings. The van der Waals surface area contributed by atoms with E-state index in [1.54, 1.807) is 28.8 Å². The van der Waals surface area contributed by atoms with Crippen molar-refractivity contribution in [2.45, 2.75) is 13.8 Å². The van der Waals surface area contributed by atoms with Gasteiger partial charge in [0.1, 0.15) is 17.6 Å². The van der Waals surface area contributed by atoms with Gasteiger partial charge in [-0.1, -0.05) is 18.2 Å². The van der Waals surface area contributed by atoms with Crippen molar-refractivity contribution in [2.75, 3.05) is 19.0 Å². The molecule has 1 aromatic heterocycles. The Kier molecular flexibility index (Phi) is 6.18. The average molecular weight is 403 g/mol. The van der Waals surface area contributed by atoms with Crippen LogP contribution in [0.25, 0.3) is 5.69 Å². The number of ether oxygens (including phenoxy) is 2. The summed E-state index contributed by atoms with van der Waals surface area (Å²) < 4.78 is 12.0. The van der Waals surface area contributed by atoms with Crippen molar-refractivity contribution in [3.63, 3.8) is 0 Å². The van der Waals surface area contributed by atoms with Gasteiger partial charge in [0.25, 0.3) is 5.91 Å². The van der Waals surface area contributed by atoms with Gasteiger partial charge in [-0.05, 0) is 55.8 Å². The third-order valence-corrected chi connectivity index (χ3v) is 4.76. The highest BCUT2D eigenvalue weighted by molar-refractivity contribution is 5.96. The summed E-state index contributed by atoms with van der Waals surface area (Å²) in [6, 6.07) is 17.9. The first-order chi connectivity index (χ1) is 14.5. The molecule has 2 aromatic carbocycles. The summed E-state index contributed by atoms with van der Waals surface area (Å²) in [6.45, 7) is 3.23. The van der Waals surface area contributed by atoms with Gasteiger partial charge >= 0.3 is 5.97 Å². The maximum absolute atomic E-state index is 12.5. The van der Waals surface area contributed by atoms with E-state index in [9.17, 15) is 14.9 Å². The van der Waals surface area contributed by atoms with Gasteiger partial charge in [0, 0.05) is 11.4 Å². The number of carbonyl (C=O) groups is 2. The van der Waals surface area contributed by atoms with Crippen LogP contribution in [0.15, 0.2) is 54.6 Å². The van der Waals surface area contributed by atoms with Crippen LogP contribution in [0.5, 0.6) is 5.75 Å². The summed E-state index contributed by atoms with van der Waals surface area (Å²) in [5, 5.41) is 12.3. The van der Waals surface area contributed by atoms with E-state index in [1.165, 1.54) is 7.11 Å². The van der Waals surface area contributed by atoms with Crippen LogP contribution in [0.4, 0.5) is 5.82 Å². The SMILES string of the molecule is COc1ccc(C(=O)OCC(=O)Nc2c(C#N)c(C)c(C)n2-c2ccccc2)cc1. The normalized spacial score (nSPS) is 10.2. The number of hydrogen-bond acceptors (Lipinski definition) is 5. The summed E-state index contributed by atoms with van der Waals surface area (Å²) >= 11 is 0. The van der Waals surface area contributed by atoms with E-state index in [4.69, 9.17) is 9.47 Å². The molecule has 152 valence electrons. The highest BCUT2D eigenvalue weighted by atomic mass is 16.5. The molecule has 0 atom stereocenters. The Morgan fingerprint density at radius 2 is 1.73 bits per heavy atom. The number of nitrogens with one attached hydrogen (secondary N) is 1. The van der Waals surface area contributed by atoms with E-state index in [1.807, 2.05) is 44.2 Å². The third kappa shape index (κ3) is 4.18. The molecule has 0 saturated heterocycles. The molecule has 0 spiro atoms. The Labute approximate surface area is 174 Å². The molecule has 1 heterocycles. The van der Waals surface area contributed by atoms with Gasteiger partial charge in [-0.3, -0.25) is 9.36 Å². The minimum absolute atomic E-state index is 0.306. The lowest BCUT2D eigenvalue weighted by molar-refractivity contribution is -0.119. The lowest BCUT2D eigenvalue weighted by Gasteiger charge is -2.13. The second-order valence-corrected chi connectivity index (χ2v) is 6.57. The third-order valence-electron chi connectivity index (χ3n) is 4.76. The lowest BCUT2D eigenvalue weighted by Crippen LogP contribution is -2.22. The highest BCUT2D eigenvalue weighted by Crippen LogP contribution is 2.29. The number of para-hydroxylation sites is 1. The molecule has 0 saturated carbocycles. The van der Waals surface area contributed by atoms with E-state index >= 15 is 0 Å². The smallest absolute Gasteiger partial charge is 0.338 e.